The molecule has 1 aromatic rings. The lowest BCUT2D eigenvalue weighted by atomic mass is 9.78. The third kappa shape index (κ3) is 3.73. The van der Waals surface area contributed by atoms with Crippen LogP contribution in [0.2, 0.25) is 0 Å². The van der Waals surface area contributed by atoms with Crippen molar-refractivity contribution in [2.75, 3.05) is 36.5 Å². The van der Waals surface area contributed by atoms with Crippen LogP contribution in [0.25, 0.3) is 0 Å². The number of anilines is 2. The third-order valence-electron chi connectivity index (χ3n) is 7.27. The number of aliphatic hydroxyl groups excluding tert-OH is 1. The molecule has 30 heavy (non-hydrogen) atoms. The van der Waals surface area contributed by atoms with Gasteiger partial charge in [0.2, 0.25) is 5.91 Å². The van der Waals surface area contributed by atoms with Gasteiger partial charge in [-0.1, -0.05) is 0 Å². The average molecular weight is 417 g/mol. The van der Waals surface area contributed by atoms with E-state index in [1.807, 2.05) is 13.0 Å². The summed E-state index contributed by atoms with van der Waals surface area (Å²) < 4.78 is 0. The Labute approximate surface area is 177 Å². The summed E-state index contributed by atoms with van der Waals surface area (Å²) in [6.45, 7) is 4.21. The van der Waals surface area contributed by atoms with Crippen molar-refractivity contribution in [3.8, 4) is 0 Å². The normalized spacial score (nSPS) is 29.5. The zero-order valence-corrected chi connectivity index (χ0v) is 17.9. The molecule has 2 aliphatic heterocycles. The first-order valence-corrected chi connectivity index (χ1v) is 11.0. The van der Waals surface area contributed by atoms with E-state index in [9.17, 15) is 19.8 Å². The van der Waals surface area contributed by atoms with Crippen molar-refractivity contribution >= 4 is 23.5 Å². The predicted molar refractivity (Wildman–Crippen MR) is 114 cm³/mol. The van der Waals surface area contributed by atoms with Gasteiger partial charge in [-0.2, -0.15) is 0 Å². The number of amides is 2. The van der Waals surface area contributed by atoms with Gasteiger partial charge >= 0.3 is 6.09 Å². The highest BCUT2D eigenvalue weighted by atomic mass is 16.4. The molecule has 2 N–H and O–H groups in total. The van der Waals surface area contributed by atoms with E-state index >= 15 is 0 Å². The molecular formula is C22H32N4O4. The standard InChI is InChI=1S/C22H32N4O4/c1-15-12-19(23-13-18(15)24(2)21(29)30)25-10-3-8-22(14-25)9-11-26(20(22)28)16-4-6-17(27)7-5-16/h12-13,16-17,27H,3-11,14H2,1-2H3,(H,29,30)/t16-,17-,22-/m0/s1. The highest BCUT2D eigenvalue weighted by Gasteiger charge is 2.50. The molecule has 1 aliphatic carbocycles. The van der Waals surface area contributed by atoms with E-state index in [4.69, 9.17) is 0 Å². The maximum atomic E-state index is 13.5. The van der Waals surface area contributed by atoms with Crippen LogP contribution in [0.5, 0.6) is 0 Å². The predicted octanol–water partition coefficient (Wildman–Crippen LogP) is 2.63. The summed E-state index contributed by atoms with van der Waals surface area (Å²) in [5.74, 6) is 1.08. The van der Waals surface area contributed by atoms with Crippen LogP contribution in [0.1, 0.15) is 50.5 Å². The number of carboxylic acid groups (broad SMARTS) is 1. The molecule has 2 amide bonds. The Kier molecular flexibility index (Phi) is 5.61. The maximum Gasteiger partial charge on any atom is 0.411 e. The van der Waals surface area contributed by atoms with Crippen LogP contribution < -0.4 is 9.80 Å². The lowest BCUT2D eigenvalue weighted by Gasteiger charge is -2.41. The molecule has 2 saturated heterocycles. The van der Waals surface area contributed by atoms with Crippen molar-refractivity contribution in [2.24, 2.45) is 5.41 Å². The van der Waals surface area contributed by atoms with E-state index in [0.717, 1.165) is 69.4 Å². The van der Waals surface area contributed by atoms with E-state index < -0.39 is 6.09 Å². The quantitative estimate of drug-likeness (QED) is 0.786. The third-order valence-corrected chi connectivity index (χ3v) is 7.27. The molecule has 0 radical (unpaired) electrons. The summed E-state index contributed by atoms with van der Waals surface area (Å²) in [5.41, 5.74) is 1.07. The van der Waals surface area contributed by atoms with Gasteiger partial charge in [-0.15, -0.1) is 0 Å². The van der Waals surface area contributed by atoms with Gasteiger partial charge in [0.05, 0.1) is 23.4 Å². The fourth-order valence-electron chi connectivity index (χ4n) is 5.43. The van der Waals surface area contributed by atoms with Crippen molar-refractivity contribution in [1.82, 2.24) is 9.88 Å². The Balaban J connectivity index is 1.49. The molecule has 3 aliphatic rings. The van der Waals surface area contributed by atoms with Gasteiger partial charge in [0.25, 0.3) is 0 Å². The Morgan fingerprint density at radius 3 is 2.63 bits per heavy atom. The first-order valence-electron chi connectivity index (χ1n) is 11.0. The number of hydrogen-bond acceptors (Lipinski definition) is 5. The minimum Gasteiger partial charge on any atom is -0.465 e. The number of likely N-dealkylation sites (tertiary alicyclic amines) is 1. The lowest BCUT2D eigenvalue weighted by Crippen LogP contribution is -2.50. The van der Waals surface area contributed by atoms with Crippen LogP contribution in [-0.2, 0) is 4.79 Å². The summed E-state index contributed by atoms with van der Waals surface area (Å²) in [4.78, 5) is 34.7. The molecule has 0 unspecified atom stereocenters. The summed E-state index contributed by atoms with van der Waals surface area (Å²) in [7, 11) is 1.51. The molecule has 3 fully saturated rings. The van der Waals surface area contributed by atoms with E-state index in [1.54, 1.807) is 6.20 Å². The Bertz CT molecular complexity index is 823. The Morgan fingerprint density at radius 2 is 1.97 bits per heavy atom. The number of piperidine rings is 1. The number of aliphatic hydroxyl groups is 1. The Morgan fingerprint density at radius 1 is 1.23 bits per heavy atom. The molecule has 0 aromatic carbocycles. The van der Waals surface area contributed by atoms with Gasteiger partial charge < -0.3 is 20.0 Å². The Hall–Kier alpha value is -2.35. The second-order valence-electron chi connectivity index (χ2n) is 9.19. The fraction of sp³-hybridized carbons (Fsp3) is 0.682. The number of pyridine rings is 1. The molecule has 3 heterocycles. The zero-order valence-electron chi connectivity index (χ0n) is 17.9. The molecule has 1 spiro atoms. The number of hydrogen-bond donors (Lipinski definition) is 2. The smallest absolute Gasteiger partial charge is 0.411 e. The minimum atomic E-state index is -1.02. The maximum absolute atomic E-state index is 13.5. The van der Waals surface area contributed by atoms with Crippen LogP contribution in [-0.4, -0.2) is 70.9 Å². The van der Waals surface area contributed by atoms with Crippen molar-refractivity contribution in [1.29, 1.82) is 0 Å². The topological polar surface area (TPSA) is 97.2 Å². The van der Waals surface area contributed by atoms with Gasteiger partial charge in [0.15, 0.2) is 0 Å². The molecular weight excluding hydrogens is 384 g/mol. The molecule has 1 atom stereocenters. The molecule has 8 heteroatoms. The lowest BCUT2D eigenvalue weighted by molar-refractivity contribution is -0.139. The fourth-order valence-corrected chi connectivity index (χ4v) is 5.43. The van der Waals surface area contributed by atoms with Crippen molar-refractivity contribution in [3.05, 3.63) is 17.8 Å². The van der Waals surface area contributed by atoms with E-state index in [-0.39, 0.29) is 23.5 Å². The van der Waals surface area contributed by atoms with E-state index in [1.165, 1.54) is 11.9 Å². The first-order chi connectivity index (χ1) is 14.3. The summed E-state index contributed by atoms with van der Waals surface area (Å²) >= 11 is 0. The van der Waals surface area contributed by atoms with Crippen LogP contribution in [0.4, 0.5) is 16.3 Å². The van der Waals surface area contributed by atoms with Crippen LogP contribution in [0, 0.1) is 12.3 Å². The second-order valence-corrected chi connectivity index (χ2v) is 9.19. The number of rotatable bonds is 3. The molecule has 1 saturated carbocycles. The zero-order chi connectivity index (χ0) is 21.5. The number of carbonyl (C=O) groups is 2. The molecule has 8 nitrogen and oxygen atoms in total. The first kappa shape index (κ1) is 20.9. The van der Waals surface area contributed by atoms with Crippen LogP contribution in [0.3, 0.4) is 0 Å². The molecule has 1 aromatic heterocycles. The van der Waals surface area contributed by atoms with E-state index in [0.29, 0.717) is 12.2 Å². The monoisotopic (exact) mass is 416 g/mol. The summed E-state index contributed by atoms with van der Waals surface area (Å²) in [6, 6.07) is 2.19. The van der Waals surface area contributed by atoms with E-state index in [2.05, 4.69) is 14.8 Å². The largest absolute Gasteiger partial charge is 0.465 e. The van der Waals surface area contributed by atoms with Gasteiger partial charge in [-0.05, 0) is 63.5 Å². The summed E-state index contributed by atoms with van der Waals surface area (Å²) in [5, 5.41) is 19.0. The van der Waals surface area contributed by atoms with Crippen molar-refractivity contribution < 1.29 is 19.8 Å². The van der Waals surface area contributed by atoms with Gasteiger partial charge in [0, 0.05) is 32.7 Å². The molecule has 164 valence electrons. The molecule has 0 bridgehead atoms. The van der Waals surface area contributed by atoms with Gasteiger partial charge in [-0.3, -0.25) is 9.69 Å². The van der Waals surface area contributed by atoms with Crippen LogP contribution in [0.15, 0.2) is 12.3 Å². The van der Waals surface area contributed by atoms with Crippen molar-refractivity contribution in [2.45, 2.75) is 64.0 Å². The minimum absolute atomic E-state index is 0.212. The number of aromatic nitrogens is 1. The van der Waals surface area contributed by atoms with Crippen molar-refractivity contribution in [3.63, 3.8) is 0 Å². The number of carbonyl (C=O) groups excluding carboxylic acids is 1. The van der Waals surface area contributed by atoms with Gasteiger partial charge in [-0.25, -0.2) is 9.78 Å². The number of nitrogens with zero attached hydrogens (tertiary/aromatic N) is 4. The highest BCUT2D eigenvalue weighted by Crippen LogP contribution is 2.43. The summed E-state index contributed by atoms with van der Waals surface area (Å²) in [6.07, 6.45) is 6.47. The number of aryl methyl sites for hydroxylation is 1. The van der Waals surface area contributed by atoms with Gasteiger partial charge in [0.1, 0.15) is 5.82 Å². The highest BCUT2D eigenvalue weighted by molar-refractivity contribution is 5.87. The molecule has 4 rings (SSSR count). The average Bonchev–Trinajstić information content (AvgIpc) is 3.03. The van der Waals surface area contributed by atoms with Crippen LogP contribution >= 0.6 is 0 Å². The second kappa shape index (κ2) is 8.06. The SMILES string of the molecule is Cc1cc(N2CCC[C@]3(CCN([C@H]4CC[C@H](O)CC4)C3=O)C2)ncc1N(C)C(=O)O.